The molecule has 0 saturated carbocycles. The number of carboxylic acid groups (broad SMARTS) is 1. The van der Waals surface area contributed by atoms with E-state index in [0.717, 1.165) is 6.07 Å². The number of aromatic carboxylic acids is 1. The Morgan fingerprint density at radius 1 is 1.27 bits per heavy atom. The van der Waals surface area contributed by atoms with E-state index in [9.17, 15) is 18.4 Å². The van der Waals surface area contributed by atoms with Gasteiger partial charge in [-0.15, -0.1) is 0 Å². The zero-order valence-electron chi connectivity index (χ0n) is 11.9. The van der Waals surface area contributed by atoms with E-state index in [0.29, 0.717) is 0 Å². The minimum Gasteiger partial charge on any atom is -0.477 e. The molecule has 0 saturated heterocycles. The summed E-state index contributed by atoms with van der Waals surface area (Å²) in [6.45, 7) is 1.52. The van der Waals surface area contributed by atoms with E-state index in [1.807, 2.05) is 0 Å². The summed E-state index contributed by atoms with van der Waals surface area (Å²) in [5, 5.41) is 9.15. The zero-order chi connectivity index (χ0) is 17.1. The van der Waals surface area contributed by atoms with Crippen LogP contribution in [-0.4, -0.2) is 29.4 Å². The van der Waals surface area contributed by atoms with Crippen LogP contribution in [0.5, 0.6) is 11.5 Å². The molecule has 0 aliphatic heterocycles. The van der Waals surface area contributed by atoms with Crippen LogP contribution in [0.25, 0.3) is 0 Å². The molecule has 0 spiro atoms. The number of rotatable bonds is 4. The van der Waals surface area contributed by atoms with Gasteiger partial charge >= 0.3 is 18.7 Å². The number of hydrogen-bond acceptors (Lipinski definition) is 5. The highest BCUT2D eigenvalue weighted by molar-refractivity contribution is 9.10. The molecule has 0 aromatic heterocycles. The third kappa shape index (κ3) is 5.14. The normalized spacial score (nSPS) is 11.2. The summed E-state index contributed by atoms with van der Waals surface area (Å²) in [4.78, 5) is 22.9. The maximum absolute atomic E-state index is 12.3. The Kier molecular flexibility index (Phi) is 5.70. The van der Waals surface area contributed by atoms with Gasteiger partial charge in [0.1, 0.15) is 16.9 Å². The standard InChI is InChI=1S/C13H13BrF2O6/c1-13(2,3)22-12(19)21-9-6(14)4-5-7(20-11(15)16)8(9)10(17)18/h4-5,11H,1-3H3,(H,17,18). The van der Waals surface area contributed by atoms with Gasteiger partial charge in [0.15, 0.2) is 5.75 Å². The fourth-order valence-corrected chi connectivity index (χ4v) is 1.80. The average Bonchev–Trinajstić information content (AvgIpc) is 2.29. The van der Waals surface area contributed by atoms with Crippen LogP contribution in [0, 0.1) is 0 Å². The van der Waals surface area contributed by atoms with Crippen LogP contribution in [0.1, 0.15) is 31.1 Å². The Bertz CT molecular complexity index is 583. The van der Waals surface area contributed by atoms with Gasteiger partial charge in [-0.1, -0.05) is 0 Å². The monoisotopic (exact) mass is 382 g/mol. The van der Waals surface area contributed by atoms with Crippen molar-refractivity contribution in [2.75, 3.05) is 0 Å². The Labute approximate surface area is 133 Å². The molecule has 22 heavy (non-hydrogen) atoms. The van der Waals surface area contributed by atoms with Crippen molar-refractivity contribution in [1.29, 1.82) is 0 Å². The van der Waals surface area contributed by atoms with Crippen LogP contribution in [-0.2, 0) is 4.74 Å². The van der Waals surface area contributed by atoms with Crippen LogP contribution in [0.2, 0.25) is 0 Å². The first kappa shape index (κ1) is 18.1. The molecule has 1 rings (SSSR count). The summed E-state index contributed by atoms with van der Waals surface area (Å²) in [5.74, 6) is -2.72. The van der Waals surface area contributed by atoms with E-state index in [1.165, 1.54) is 6.07 Å². The van der Waals surface area contributed by atoms with Gasteiger partial charge in [0.05, 0.1) is 4.47 Å². The van der Waals surface area contributed by atoms with E-state index in [4.69, 9.17) is 14.6 Å². The highest BCUT2D eigenvalue weighted by Crippen LogP contribution is 2.37. The van der Waals surface area contributed by atoms with E-state index >= 15 is 0 Å². The summed E-state index contributed by atoms with van der Waals surface area (Å²) in [5.41, 5.74) is -1.59. The molecule has 0 unspecified atom stereocenters. The Morgan fingerprint density at radius 3 is 2.32 bits per heavy atom. The van der Waals surface area contributed by atoms with Gasteiger partial charge in [-0.25, -0.2) is 9.59 Å². The summed E-state index contributed by atoms with van der Waals surface area (Å²) in [7, 11) is 0. The van der Waals surface area contributed by atoms with Crippen molar-refractivity contribution in [2.24, 2.45) is 0 Å². The molecule has 1 aromatic rings. The molecule has 0 atom stereocenters. The molecule has 9 heteroatoms. The number of hydrogen-bond donors (Lipinski definition) is 1. The summed E-state index contributed by atoms with van der Waals surface area (Å²) in [6, 6.07) is 2.23. The van der Waals surface area contributed by atoms with Crippen molar-refractivity contribution in [3.8, 4) is 11.5 Å². The van der Waals surface area contributed by atoms with Gasteiger partial charge < -0.3 is 19.3 Å². The van der Waals surface area contributed by atoms with Gasteiger partial charge in [0.25, 0.3) is 0 Å². The second-order valence-corrected chi connectivity index (χ2v) is 5.85. The van der Waals surface area contributed by atoms with Crippen molar-refractivity contribution in [3.05, 3.63) is 22.2 Å². The molecule has 122 valence electrons. The lowest BCUT2D eigenvalue weighted by Crippen LogP contribution is -2.26. The molecule has 1 aromatic carbocycles. The van der Waals surface area contributed by atoms with E-state index in [1.54, 1.807) is 20.8 Å². The molecule has 6 nitrogen and oxygen atoms in total. The number of carbonyl (C=O) groups excluding carboxylic acids is 1. The topological polar surface area (TPSA) is 82.1 Å². The summed E-state index contributed by atoms with van der Waals surface area (Å²) in [6.07, 6.45) is -1.18. The van der Waals surface area contributed by atoms with Crippen molar-refractivity contribution >= 4 is 28.1 Å². The van der Waals surface area contributed by atoms with E-state index in [-0.39, 0.29) is 4.47 Å². The van der Waals surface area contributed by atoms with Crippen LogP contribution >= 0.6 is 15.9 Å². The number of benzene rings is 1. The fourth-order valence-electron chi connectivity index (χ4n) is 1.39. The number of ether oxygens (including phenoxy) is 3. The summed E-state index contributed by atoms with van der Waals surface area (Å²) < 4.78 is 38.5. The maximum Gasteiger partial charge on any atom is 0.514 e. The van der Waals surface area contributed by atoms with Gasteiger partial charge in [-0.3, -0.25) is 0 Å². The lowest BCUT2D eigenvalue weighted by molar-refractivity contribution is -0.0504. The molecular weight excluding hydrogens is 370 g/mol. The molecule has 1 N–H and O–H groups in total. The Hall–Kier alpha value is -1.90. The zero-order valence-corrected chi connectivity index (χ0v) is 13.4. The largest absolute Gasteiger partial charge is 0.514 e. The minimum absolute atomic E-state index is 0.0670. The number of carbonyl (C=O) groups is 2. The molecule has 0 heterocycles. The second kappa shape index (κ2) is 6.91. The Morgan fingerprint density at radius 2 is 1.86 bits per heavy atom. The second-order valence-electron chi connectivity index (χ2n) is 5.00. The SMILES string of the molecule is CC(C)(C)OC(=O)Oc1c(Br)ccc(OC(F)F)c1C(=O)O. The highest BCUT2D eigenvalue weighted by Gasteiger charge is 2.27. The van der Waals surface area contributed by atoms with Crippen molar-refractivity contribution in [1.82, 2.24) is 0 Å². The van der Waals surface area contributed by atoms with Gasteiger partial charge in [0, 0.05) is 0 Å². The van der Waals surface area contributed by atoms with Crippen molar-refractivity contribution in [3.63, 3.8) is 0 Å². The van der Waals surface area contributed by atoms with E-state index in [2.05, 4.69) is 20.7 Å². The lowest BCUT2D eigenvalue weighted by atomic mass is 10.2. The number of halogens is 3. The molecule has 0 bridgehead atoms. The van der Waals surface area contributed by atoms with Crippen molar-refractivity contribution < 1.29 is 37.7 Å². The van der Waals surface area contributed by atoms with E-state index < -0.39 is 41.4 Å². The van der Waals surface area contributed by atoms with Gasteiger partial charge in [0.2, 0.25) is 0 Å². The maximum atomic E-state index is 12.3. The van der Waals surface area contributed by atoms with Crippen LogP contribution in [0.15, 0.2) is 16.6 Å². The molecule has 0 fully saturated rings. The summed E-state index contributed by atoms with van der Waals surface area (Å²) >= 11 is 2.98. The first-order valence-electron chi connectivity index (χ1n) is 5.92. The van der Waals surface area contributed by atoms with Gasteiger partial charge in [-0.05, 0) is 48.8 Å². The quantitative estimate of drug-likeness (QED) is 0.624. The smallest absolute Gasteiger partial charge is 0.477 e. The highest BCUT2D eigenvalue weighted by atomic mass is 79.9. The molecule has 0 radical (unpaired) electrons. The predicted octanol–water partition coefficient (Wildman–Crippen LogP) is 4.06. The number of alkyl halides is 2. The molecule has 0 amide bonds. The van der Waals surface area contributed by atoms with Crippen LogP contribution in [0.4, 0.5) is 13.6 Å². The van der Waals surface area contributed by atoms with Crippen LogP contribution < -0.4 is 9.47 Å². The predicted molar refractivity (Wildman–Crippen MR) is 74.6 cm³/mol. The van der Waals surface area contributed by atoms with Gasteiger partial charge in [-0.2, -0.15) is 8.78 Å². The minimum atomic E-state index is -3.23. The van der Waals surface area contributed by atoms with Crippen LogP contribution in [0.3, 0.4) is 0 Å². The number of carboxylic acids is 1. The average molecular weight is 383 g/mol. The lowest BCUT2D eigenvalue weighted by Gasteiger charge is -2.20. The first-order valence-corrected chi connectivity index (χ1v) is 6.72. The Balaban J connectivity index is 3.22. The fraction of sp³-hybridized carbons (Fsp3) is 0.385. The molecular formula is C13H13BrF2O6. The molecule has 0 aliphatic rings. The third-order valence-electron chi connectivity index (χ3n) is 2.08. The van der Waals surface area contributed by atoms with Crippen molar-refractivity contribution in [2.45, 2.75) is 33.0 Å². The first-order chi connectivity index (χ1) is 10.0. The third-order valence-corrected chi connectivity index (χ3v) is 2.70. The molecule has 0 aliphatic carbocycles.